The third kappa shape index (κ3) is 3.46. The van der Waals surface area contributed by atoms with Gasteiger partial charge in [-0.1, -0.05) is 23.9 Å². The van der Waals surface area contributed by atoms with Crippen LogP contribution < -0.4 is 10.5 Å². The minimum atomic E-state index is -0.843. The number of rotatable bonds is 5. The molecule has 1 aromatic carbocycles. The maximum absolute atomic E-state index is 12.8. The van der Waals surface area contributed by atoms with Crippen molar-refractivity contribution in [3.8, 4) is 5.75 Å². The summed E-state index contributed by atoms with van der Waals surface area (Å²) < 4.78 is 15.4. The third-order valence-electron chi connectivity index (χ3n) is 4.73. The van der Waals surface area contributed by atoms with Gasteiger partial charge in [-0.05, 0) is 31.5 Å². The molecule has 0 spiro atoms. The van der Waals surface area contributed by atoms with Crippen molar-refractivity contribution in [1.29, 1.82) is 0 Å². The first-order chi connectivity index (χ1) is 13.8. The maximum atomic E-state index is 12.8. The number of esters is 2. The lowest BCUT2D eigenvalue weighted by molar-refractivity contribution is -0.139. The summed E-state index contributed by atoms with van der Waals surface area (Å²) in [5.41, 5.74) is 7.13. The molecule has 1 aromatic rings. The standard InChI is InChI=1S/C20H22N2O6S/c1-5-28-20(25)14-13(11-6-8-12(26-3)9-7-11)15(19(24)27-4)18-22(16(14)21)17(23)10(2)29-18/h6-10,13H,5,21H2,1-4H3/t10-,13+/m1/s1. The molecule has 0 aliphatic carbocycles. The van der Waals surface area contributed by atoms with Crippen molar-refractivity contribution >= 4 is 29.6 Å². The Bertz CT molecular complexity index is 921. The van der Waals surface area contributed by atoms with Crippen molar-refractivity contribution in [2.45, 2.75) is 25.0 Å². The van der Waals surface area contributed by atoms with Crippen molar-refractivity contribution < 1.29 is 28.6 Å². The van der Waals surface area contributed by atoms with E-state index in [0.29, 0.717) is 16.3 Å². The third-order valence-corrected chi connectivity index (χ3v) is 5.91. The predicted octanol–water partition coefficient (Wildman–Crippen LogP) is 1.87. The number of amides is 1. The van der Waals surface area contributed by atoms with Crippen LogP contribution in [-0.2, 0) is 23.9 Å². The van der Waals surface area contributed by atoms with Gasteiger partial charge in [-0.25, -0.2) is 9.59 Å². The van der Waals surface area contributed by atoms with Gasteiger partial charge in [0.15, 0.2) is 0 Å². The second-order valence-corrected chi connectivity index (χ2v) is 7.70. The molecule has 9 heteroatoms. The van der Waals surface area contributed by atoms with E-state index in [0.717, 1.165) is 0 Å². The van der Waals surface area contributed by atoms with Crippen molar-refractivity contribution in [1.82, 2.24) is 4.90 Å². The molecule has 0 radical (unpaired) electrons. The predicted molar refractivity (Wildman–Crippen MR) is 107 cm³/mol. The summed E-state index contributed by atoms with van der Waals surface area (Å²) >= 11 is 1.21. The number of hydrogen-bond donors (Lipinski definition) is 1. The van der Waals surface area contributed by atoms with Gasteiger partial charge in [0, 0.05) is 0 Å². The van der Waals surface area contributed by atoms with E-state index in [9.17, 15) is 14.4 Å². The molecule has 1 saturated heterocycles. The second kappa shape index (κ2) is 8.20. The van der Waals surface area contributed by atoms with Crippen molar-refractivity contribution in [2.24, 2.45) is 5.73 Å². The number of nitrogens with zero attached hydrogens (tertiary/aromatic N) is 1. The van der Waals surface area contributed by atoms with Crippen LogP contribution in [0.4, 0.5) is 0 Å². The topological polar surface area (TPSA) is 108 Å². The molecular formula is C20H22N2O6S. The molecule has 2 aliphatic rings. The van der Waals surface area contributed by atoms with Crippen LogP contribution in [0.15, 0.2) is 46.3 Å². The highest BCUT2D eigenvalue weighted by Gasteiger charge is 2.48. The van der Waals surface area contributed by atoms with Crippen LogP contribution in [0.25, 0.3) is 0 Å². The minimum Gasteiger partial charge on any atom is -0.497 e. The van der Waals surface area contributed by atoms with Gasteiger partial charge in [0.25, 0.3) is 0 Å². The summed E-state index contributed by atoms with van der Waals surface area (Å²) in [6, 6.07) is 6.91. The van der Waals surface area contributed by atoms with Gasteiger partial charge < -0.3 is 19.9 Å². The monoisotopic (exact) mass is 418 g/mol. The summed E-state index contributed by atoms with van der Waals surface area (Å²) in [5.74, 6) is -1.90. The highest BCUT2D eigenvalue weighted by Crippen LogP contribution is 2.49. The van der Waals surface area contributed by atoms with E-state index in [1.165, 1.54) is 23.8 Å². The summed E-state index contributed by atoms with van der Waals surface area (Å²) in [6.07, 6.45) is 0. The number of carbonyl (C=O) groups excluding carboxylic acids is 3. The zero-order chi connectivity index (χ0) is 21.3. The number of thioether (sulfide) groups is 1. The lowest BCUT2D eigenvalue weighted by Gasteiger charge is -2.33. The van der Waals surface area contributed by atoms with E-state index in [2.05, 4.69) is 0 Å². The first-order valence-electron chi connectivity index (χ1n) is 8.99. The first kappa shape index (κ1) is 20.8. The van der Waals surface area contributed by atoms with Crippen molar-refractivity contribution in [3.63, 3.8) is 0 Å². The molecule has 3 rings (SSSR count). The van der Waals surface area contributed by atoms with Gasteiger partial charge in [-0.15, -0.1) is 0 Å². The summed E-state index contributed by atoms with van der Waals surface area (Å²) in [5, 5.41) is -0.0815. The lowest BCUT2D eigenvalue weighted by Crippen LogP contribution is -2.40. The van der Waals surface area contributed by atoms with Gasteiger partial charge >= 0.3 is 11.9 Å². The Labute approximate surface area is 172 Å². The van der Waals surface area contributed by atoms with Crippen LogP contribution in [0.5, 0.6) is 5.75 Å². The summed E-state index contributed by atoms with van der Waals surface area (Å²) in [4.78, 5) is 39.5. The molecule has 1 fully saturated rings. The number of ether oxygens (including phenoxy) is 3. The molecule has 154 valence electrons. The van der Waals surface area contributed by atoms with Crippen LogP contribution in [0.3, 0.4) is 0 Å². The fourth-order valence-corrected chi connectivity index (χ4v) is 4.54. The Hall–Kier alpha value is -2.94. The zero-order valence-corrected chi connectivity index (χ0v) is 17.4. The number of benzene rings is 1. The Morgan fingerprint density at radius 1 is 1.14 bits per heavy atom. The number of carbonyl (C=O) groups is 3. The Balaban J connectivity index is 2.28. The highest BCUT2D eigenvalue weighted by atomic mass is 32.2. The minimum absolute atomic E-state index is 0.0317. The van der Waals surface area contributed by atoms with E-state index in [-0.39, 0.29) is 29.5 Å². The van der Waals surface area contributed by atoms with Crippen molar-refractivity contribution in [3.05, 3.63) is 51.8 Å². The number of fused-ring (bicyclic) bond motifs is 1. The average Bonchev–Trinajstić information content (AvgIpc) is 3.02. The molecule has 0 aromatic heterocycles. The molecule has 2 heterocycles. The van der Waals surface area contributed by atoms with Gasteiger partial charge in [0.2, 0.25) is 5.91 Å². The Morgan fingerprint density at radius 2 is 1.79 bits per heavy atom. The van der Waals surface area contributed by atoms with Crippen molar-refractivity contribution in [2.75, 3.05) is 20.8 Å². The molecular weight excluding hydrogens is 396 g/mol. The van der Waals surface area contributed by atoms with Gasteiger partial charge in [-0.3, -0.25) is 9.69 Å². The zero-order valence-electron chi connectivity index (χ0n) is 16.6. The quantitative estimate of drug-likeness (QED) is 0.722. The van der Waals surface area contributed by atoms with E-state index in [4.69, 9.17) is 19.9 Å². The van der Waals surface area contributed by atoms with Crippen LogP contribution in [0.2, 0.25) is 0 Å². The van der Waals surface area contributed by atoms with Crippen LogP contribution >= 0.6 is 11.8 Å². The number of methoxy groups -OCH3 is 2. The summed E-state index contributed by atoms with van der Waals surface area (Å²) in [6.45, 7) is 3.50. The highest BCUT2D eigenvalue weighted by molar-refractivity contribution is 8.04. The van der Waals surface area contributed by atoms with E-state index < -0.39 is 23.1 Å². The molecule has 0 saturated carbocycles. The Kier molecular flexibility index (Phi) is 5.88. The normalized spacial score (nSPS) is 21.2. The molecule has 0 bridgehead atoms. The molecule has 2 atom stereocenters. The second-order valence-electron chi connectivity index (χ2n) is 6.37. The fraction of sp³-hybridized carbons (Fsp3) is 0.350. The largest absolute Gasteiger partial charge is 0.497 e. The van der Waals surface area contributed by atoms with Gasteiger partial charge in [0.05, 0.1) is 48.2 Å². The number of hydrogen-bond acceptors (Lipinski definition) is 8. The molecule has 29 heavy (non-hydrogen) atoms. The first-order valence-corrected chi connectivity index (χ1v) is 9.87. The van der Waals surface area contributed by atoms with E-state index in [1.54, 1.807) is 45.2 Å². The molecule has 8 nitrogen and oxygen atoms in total. The van der Waals surface area contributed by atoms with Gasteiger partial charge in [0.1, 0.15) is 11.6 Å². The molecule has 2 N–H and O–H groups in total. The maximum Gasteiger partial charge on any atom is 0.338 e. The van der Waals surface area contributed by atoms with E-state index in [1.807, 2.05) is 0 Å². The fourth-order valence-electron chi connectivity index (χ4n) is 3.38. The van der Waals surface area contributed by atoms with Crippen LogP contribution in [-0.4, -0.2) is 48.8 Å². The molecule has 2 aliphatic heterocycles. The lowest BCUT2D eigenvalue weighted by atomic mass is 9.82. The average molecular weight is 418 g/mol. The van der Waals surface area contributed by atoms with Crippen LogP contribution in [0.1, 0.15) is 25.3 Å². The summed E-state index contributed by atoms with van der Waals surface area (Å²) in [7, 11) is 2.79. The van der Waals surface area contributed by atoms with Crippen LogP contribution in [0, 0.1) is 0 Å². The SMILES string of the molecule is CCOC(=O)C1=C(N)N2C(=O)[C@@H](C)SC2=C(C(=O)OC)[C@H]1c1ccc(OC)cc1. The van der Waals surface area contributed by atoms with E-state index >= 15 is 0 Å². The number of nitrogens with two attached hydrogens (primary N) is 1. The molecule has 0 unspecified atom stereocenters. The van der Waals surface area contributed by atoms with Gasteiger partial charge in [-0.2, -0.15) is 0 Å². The Morgan fingerprint density at radius 3 is 2.34 bits per heavy atom. The molecule has 1 amide bonds. The smallest absolute Gasteiger partial charge is 0.338 e.